The van der Waals surface area contributed by atoms with Crippen LogP contribution in [-0.2, 0) is 19.4 Å². The number of carboxylic acids is 1. The van der Waals surface area contributed by atoms with Gasteiger partial charge in [0, 0.05) is 5.56 Å². The van der Waals surface area contributed by atoms with E-state index in [0.717, 1.165) is 5.56 Å². The second-order valence-corrected chi connectivity index (χ2v) is 8.22. The molecule has 0 radical (unpaired) electrons. The first kappa shape index (κ1) is 22.2. The van der Waals surface area contributed by atoms with E-state index < -0.39 is 57.1 Å². The molecule has 3 rings (SSSR count). The number of carboxylic acid groups (broad SMARTS) is 1. The molecule has 1 fully saturated rings. The van der Waals surface area contributed by atoms with Gasteiger partial charge >= 0.3 is 51.4 Å². The fourth-order valence-electron chi connectivity index (χ4n) is 3.06. The van der Waals surface area contributed by atoms with Crippen molar-refractivity contribution in [3.63, 3.8) is 0 Å². The number of β-lactam (4-membered cyclic amide) rings is 1. The third-order valence-electron chi connectivity index (χ3n) is 4.35. The van der Waals surface area contributed by atoms with Gasteiger partial charge in [-0.2, -0.15) is 0 Å². The third kappa shape index (κ3) is 3.90. The van der Waals surface area contributed by atoms with Crippen LogP contribution in [0.4, 0.5) is 0 Å². The molecule has 9 nitrogen and oxygen atoms in total. The summed E-state index contributed by atoms with van der Waals surface area (Å²) in [6.45, 7) is 0.996. The number of fused-ring (bicyclic) bond motifs is 1. The molecule has 2 amide bonds. The number of carbonyl (C=O) groups excluding carboxylic acids is 3. The number of nitrogens with one attached hydrogen (secondary N) is 1. The molecule has 2 N–H and O–H groups in total. The van der Waals surface area contributed by atoms with Crippen LogP contribution in [0.25, 0.3) is 0 Å². The predicted molar refractivity (Wildman–Crippen MR) is 86.0 cm³/mol. The van der Waals surface area contributed by atoms with Gasteiger partial charge in [0.15, 0.2) is 15.2 Å². The second-order valence-electron chi connectivity index (χ2n) is 6.12. The Labute approximate surface area is 197 Å². The van der Waals surface area contributed by atoms with Gasteiger partial charge in [-0.3, -0.25) is 14.5 Å². The van der Waals surface area contributed by atoms with Gasteiger partial charge in [0.25, 0.3) is 11.8 Å². The average molecular weight is 418 g/mol. The van der Waals surface area contributed by atoms with Crippen molar-refractivity contribution < 1.29 is 84.4 Å². The molecule has 27 heavy (non-hydrogen) atoms. The van der Waals surface area contributed by atoms with E-state index in [9.17, 15) is 33.0 Å². The number of sulfone groups is 1. The van der Waals surface area contributed by atoms with E-state index in [0.29, 0.717) is 4.90 Å². The van der Waals surface area contributed by atoms with E-state index in [4.69, 9.17) is 0 Å². The van der Waals surface area contributed by atoms with Crippen molar-refractivity contribution >= 4 is 27.6 Å². The number of aliphatic hydroxyl groups is 1. The van der Waals surface area contributed by atoms with Crippen LogP contribution in [0.2, 0.25) is 0 Å². The van der Waals surface area contributed by atoms with E-state index in [-0.39, 0.29) is 62.5 Å². The largest absolute Gasteiger partial charge is 1.00 e. The zero-order valence-corrected chi connectivity index (χ0v) is 18.6. The average Bonchev–Trinajstić information content (AvgIpc) is 2.58. The number of hydrogen-bond acceptors (Lipinski definition) is 7. The first-order valence-corrected chi connectivity index (χ1v) is 9.35. The quantitative estimate of drug-likeness (QED) is 0.367. The van der Waals surface area contributed by atoms with Gasteiger partial charge in [0.1, 0.15) is 6.04 Å². The summed E-state index contributed by atoms with van der Waals surface area (Å²) in [6.07, 6.45) is 0. The summed E-state index contributed by atoms with van der Waals surface area (Å²) in [7, 11) is -3.99. The standard InChI is InChI=1S/C16H16N2O7S.K/c1-8-2-4-9(5-3-8)13(20)17-11-14(21)18-12(16(22)23)10(6-19)7-26(24,25)15(11)18;/h2-5,11,15,19H,6-7H2,1H3,(H,17,20)(H,22,23);/q;+1/p-1/t11-,15-;/m0./s1. The van der Waals surface area contributed by atoms with Gasteiger partial charge in [0.05, 0.1) is 24.0 Å². The summed E-state index contributed by atoms with van der Waals surface area (Å²) < 4.78 is 24.8. The molecule has 0 spiro atoms. The van der Waals surface area contributed by atoms with E-state index in [1.165, 1.54) is 12.1 Å². The Balaban J connectivity index is 0.00000261. The summed E-state index contributed by atoms with van der Waals surface area (Å²) in [4.78, 5) is 36.4. The molecule has 138 valence electrons. The molecule has 0 aromatic heterocycles. The van der Waals surface area contributed by atoms with E-state index >= 15 is 0 Å². The first-order chi connectivity index (χ1) is 12.2. The van der Waals surface area contributed by atoms with Gasteiger partial charge < -0.3 is 20.3 Å². The van der Waals surface area contributed by atoms with Crippen LogP contribution in [0.3, 0.4) is 0 Å². The molecule has 1 aromatic carbocycles. The van der Waals surface area contributed by atoms with Crippen molar-refractivity contribution in [3.8, 4) is 0 Å². The van der Waals surface area contributed by atoms with Crippen molar-refractivity contribution in [2.45, 2.75) is 18.3 Å². The Morgan fingerprint density at radius 2 is 1.89 bits per heavy atom. The number of carbonyl (C=O) groups is 3. The molecule has 2 aliphatic heterocycles. The summed E-state index contributed by atoms with van der Waals surface area (Å²) in [5, 5.41) is 21.3. The minimum Gasteiger partial charge on any atom is -0.543 e. The molecule has 0 saturated carbocycles. The summed E-state index contributed by atoms with van der Waals surface area (Å²) in [5.41, 5.74) is 0.181. The van der Waals surface area contributed by atoms with E-state index in [2.05, 4.69) is 5.32 Å². The van der Waals surface area contributed by atoms with Crippen LogP contribution in [0, 0.1) is 6.92 Å². The van der Waals surface area contributed by atoms with Gasteiger partial charge in [0.2, 0.25) is 0 Å². The predicted octanol–water partition coefficient (Wildman–Crippen LogP) is -5.31. The van der Waals surface area contributed by atoms with Gasteiger partial charge in [-0.15, -0.1) is 0 Å². The normalized spacial score (nSPS) is 23.0. The zero-order valence-electron chi connectivity index (χ0n) is 14.6. The molecular formula is C16H15KN2O7S. The van der Waals surface area contributed by atoms with Crippen LogP contribution in [-0.4, -0.2) is 60.0 Å². The molecule has 1 aromatic rings. The van der Waals surface area contributed by atoms with Crippen LogP contribution in [0.1, 0.15) is 15.9 Å². The number of aliphatic hydroxyl groups excluding tert-OH is 1. The van der Waals surface area contributed by atoms with Crippen LogP contribution < -0.4 is 61.8 Å². The molecule has 1 saturated heterocycles. The number of rotatable bonds is 4. The van der Waals surface area contributed by atoms with Gasteiger partial charge in [-0.05, 0) is 24.6 Å². The molecular weight excluding hydrogens is 403 g/mol. The topological polar surface area (TPSA) is 144 Å². The maximum absolute atomic E-state index is 12.4. The molecule has 0 unspecified atom stereocenters. The third-order valence-corrected chi connectivity index (χ3v) is 6.32. The van der Waals surface area contributed by atoms with Crippen molar-refractivity contribution in [1.29, 1.82) is 0 Å². The monoisotopic (exact) mass is 418 g/mol. The van der Waals surface area contributed by atoms with Crippen molar-refractivity contribution in [2.75, 3.05) is 12.4 Å². The summed E-state index contributed by atoms with van der Waals surface area (Å²) in [5.74, 6) is -4.02. The van der Waals surface area contributed by atoms with E-state index in [1.54, 1.807) is 12.1 Å². The SMILES string of the molecule is Cc1ccc(C(=O)N[C@H]2C(=O)N3C(C(=O)[O-])=C(CO)CS(=O)(=O)[C@@H]23)cc1.[K+]. The van der Waals surface area contributed by atoms with Crippen molar-refractivity contribution in [2.24, 2.45) is 0 Å². The summed E-state index contributed by atoms with van der Waals surface area (Å²) in [6, 6.07) is 5.02. The number of nitrogens with zero attached hydrogens (tertiary/aromatic N) is 1. The minimum atomic E-state index is -3.99. The van der Waals surface area contributed by atoms with Gasteiger partial charge in [-0.1, -0.05) is 17.7 Å². The van der Waals surface area contributed by atoms with Crippen LogP contribution >= 0.6 is 0 Å². The maximum atomic E-state index is 12.4. The Kier molecular flexibility index (Phi) is 6.67. The van der Waals surface area contributed by atoms with E-state index in [1.807, 2.05) is 6.92 Å². The number of aliphatic carboxylic acids is 1. The summed E-state index contributed by atoms with van der Waals surface area (Å²) >= 11 is 0. The van der Waals surface area contributed by atoms with Crippen molar-refractivity contribution in [1.82, 2.24) is 10.2 Å². The van der Waals surface area contributed by atoms with Crippen LogP contribution in [0.15, 0.2) is 35.5 Å². The second kappa shape index (κ2) is 8.11. The number of benzene rings is 1. The number of hydrogen-bond donors (Lipinski definition) is 2. The van der Waals surface area contributed by atoms with Crippen molar-refractivity contribution in [3.05, 3.63) is 46.7 Å². The molecule has 2 aliphatic rings. The molecule has 11 heteroatoms. The van der Waals surface area contributed by atoms with Crippen LogP contribution in [0.5, 0.6) is 0 Å². The fraction of sp³-hybridized carbons (Fsp3) is 0.312. The Morgan fingerprint density at radius 3 is 2.41 bits per heavy atom. The first-order valence-electron chi connectivity index (χ1n) is 7.64. The Bertz CT molecular complexity index is 940. The smallest absolute Gasteiger partial charge is 0.543 e. The molecule has 2 atom stereocenters. The molecule has 0 bridgehead atoms. The zero-order chi connectivity index (χ0) is 19.2. The molecule has 2 heterocycles. The van der Waals surface area contributed by atoms with Gasteiger partial charge in [-0.25, -0.2) is 8.42 Å². The fourth-order valence-corrected chi connectivity index (χ4v) is 5.08. The number of aryl methyl sites for hydroxylation is 1. The molecule has 0 aliphatic carbocycles. The number of amides is 2. The Morgan fingerprint density at radius 1 is 1.30 bits per heavy atom. The Hall–Kier alpha value is -1.08. The minimum absolute atomic E-state index is 0. The maximum Gasteiger partial charge on any atom is 1.00 e.